The number of hydrogen-bond donors (Lipinski definition) is 0. The molecule has 1 heterocycles. The fraction of sp³-hybridized carbons (Fsp3) is 0.375. The van der Waals surface area contributed by atoms with Crippen molar-refractivity contribution in [3.8, 4) is 0 Å². The van der Waals surface area contributed by atoms with Crippen LogP contribution in [-0.2, 0) is 6.42 Å². The topological polar surface area (TPSA) is 61.7 Å². The van der Waals surface area contributed by atoms with Crippen LogP contribution in [-0.4, -0.2) is 11.5 Å². The standard InChI is InChI=1S/C8H10N4/c1-7-2-4-10-6-8(7)3-5-11-12-9/h2,4,6H,3,5H2,1H3. The van der Waals surface area contributed by atoms with Crippen LogP contribution in [0.2, 0.25) is 0 Å². The molecule has 0 aromatic carbocycles. The first-order valence-corrected chi connectivity index (χ1v) is 3.75. The Bertz CT molecular complexity index is 302. The van der Waals surface area contributed by atoms with E-state index in [-0.39, 0.29) is 0 Å². The molecule has 0 aliphatic rings. The molecule has 0 amide bonds. The molecule has 0 atom stereocenters. The maximum absolute atomic E-state index is 8.06. The molecule has 0 spiro atoms. The van der Waals surface area contributed by atoms with E-state index in [1.807, 2.05) is 19.2 Å². The predicted molar refractivity (Wildman–Crippen MR) is 46.7 cm³/mol. The molecule has 0 aliphatic carbocycles. The molecule has 0 aliphatic heterocycles. The molecule has 0 saturated carbocycles. The minimum atomic E-state index is 0.503. The summed E-state index contributed by atoms with van der Waals surface area (Å²) < 4.78 is 0. The van der Waals surface area contributed by atoms with Gasteiger partial charge in [0.2, 0.25) is 0 Å². The number of aryl methyl sites for hydroxylation is 1. The van der Waals surface area contributed by atoms with E-state index in [2.05, 4.69) is 15.0 Å². The monoisotopic (exact) mass is 162 g/mol. The van der Waals surface area contributed by atoms with Gasteiger partial charge in [0, 0.05) is 23.9 Å². The molecule has 0 radical (unpaired) electrons. The molecule has 1 rings (SSSR count). The molecule has 4 nitrogen and oxygen atoms in total. The zero-order valence-corrected chi connectivity index (χ0v) is 6.94. The van der Waals surface area contributed by atoms with Crippen molar-refractivity contribution in [1.82, 2.24) is 4.98 Å². The van der Waals surface area contributed by atoms with Crippen LogP contribution in [0.4, 0.5) is 0 Å². The Morgan fingerprint density at radius 1 is 1.67 bits per heavy atom. The Balaban J connectivity index is 2.62. The van der Waals surface area contributed by atoms with Gasteiger partial charge >= 0.3 is 0 Å². The van der Waals surface area contributed by atoms with Crippen LogP contribution in [0.1, 0.15) is 11.1 Å². The molecule has 1 aromatic heterocycles. The molecule has 4 heteroatoms. The van der Waals surface area contributed by atoms with E-state index in [0.29, 0.717) is 6.54 Å². The van der Waals surface area contributed by atoms with Gasteiger partial charge in [-0.25, -0.2) is 0 Å². The summed E-state index contributed by atoms with van der Waals surface area (Å²) in [7, 11) is 0. The lowest BCUT2D eigenvalue weighted by Gasteiger charge is -2.00. The summed E-state index contributed by atoms with van der Waals surface area (Å²) in [6, 6.07) is 1.95. The van der Waals surface area contributed by atoms with Gasteiger partial charge in [0.25, 0.3) is 0 Å². The number of pyridine rings is 1. The van der Waals surface area contributed by atoms with Gasteiger partial charge in [-0.05, 0) is 36.1 Å². The van der Waals surface area contributed by atoms with Crippen LogP contribution in [0, 0.1) is 6.92 Å². The van der Waals surface area contributed by atoms with E-state index in [1.165, 1.54) is 5.56 Å². The molecule has 12 heavy (non-hydrogen) atoms. The summed E-state index contributed by atoms with van der Waals surface area (Å²) >= 11 is 0. The summed E-state index contributed by atoms with van der Waals surface area (Å²) in [5.74, 6) is 0. The summed E-state index contributed by atoms with van der Waals surface area (Å²) in [6.45, 7) is 2.52. The van der Waals surface area contributed by atoms with Crippen LogP contribution in [0.25, 0.3) is 10.4 Å². The van der Waals surface area contributed by atoms with Crippen molar-refractivity contribution < 1.29 is 0 Å². The third-order valence-electron chi connectivity index (χ3n) is 1.69. The summed E-state index contributed by atoms with van der Waals surface area (Å²) in [5.41, 5.74) is 10.4. The van der Waals surface area contributed by atoms with Gasteiger partial charge in [-0.1, -0.05) is 5.11 Å². The average molecular weight is 162 g/mol. The lowest BCUT2D eigenvalue weighted by atomic mass is 10.1. The van der Waals surface area contributed by atoms with Crippen molar-refractivity contribution in [2.45, 2.75) is 13.3 Å². The van der Waals surface area contributed by atoms with Crippen LogP contribution in [0.5, 0.6) is 0 Å². The highest BCUT2D eigenvalue weighted by molar-refractivity contribution is 5.21. The highest BCUT2D eigenvalue weighted by Crippen LogP contribution is 2.05. The quantitative estimate of drug-likeness (QED) is 0.382. The van der Waals surface area contributed by atoms with Crippen molar-refractivity contribution in [1.29, 1.82) is 0 Å². The zero-order valence-electron chi connectivity index (χ0n) is 6.94. The number of nitrogens with zero attached hydrogens (tertiary/aromatic N) is 4. The molecule has 0 unspecified atom stereocenters. The first-order valence-electron chi connectivity index (χ1n) is 3.75. The summed E-state index contributed by atoms with van der Waals surface area (Å²) in [4.78, 5) is 6.67. The molecule has 1 aromatic rings. The van der Waals surface area contributed by atoms with Crippen LogP contribution >= 0.6 is 0 Å². The Morgan fingerprint density at radius 3 is 3.17 bits per heavy atom. The van der Waals surface area contributed by atoms with Crippen molar-refractivity contribution >= 4 is 0 Å². The number of hydrogen-bond acceptors (Lipinski definition) is 2. The van der Waals surface area contributed by atoms with Crippen LogP contribution < -0.4 is 0 Å². The van der Waals surface area contributed by atoms with Gasteiger partial charge in [-0.15, -0.1) is 0 Å². The SMILES string of the molecule is Cc1ccncc1CCN=[N+]=[N-]. The smallest absolute Gasteiger partial charge is 0.0302 e. The van der Waals surface area contributed by atoms with E-state index >= 15 is 0 Å². The van der Waals surface area contributed by atoms with E-state index in [4.69, 9.17) is 5.53 Å². The highest BCUT2D eigenvalue weighted by atomic mass is 15.1. The van der Waals surface area contributed by atoms with Crippen molar-refractivity contribution in [3.05, 3.63) is 40.0 Å². The van der Waals surface area contributed by atoms with Crippen molar-refractivity contribution in [2.75, 3.05) is 6.54 Å². The Morgan fingerprint density at radius 2 is 2.50 bits per heavy atom. The van der Waals surface area contributed by atoms with Crippen molar-refractivity contribution in [2.24, 2.45) is 5.11 Å². The number of azide groups is 1. The second-order valence-corrected chi connectivity index (χ2v) is 2.51. The van der Waals surface area contributed by atoms with Gasteiger partial charge in [0.1, 0.15) is 0 Å². The highest BCUT2D eigenvalue weighted by Gasteiger charge is 1.95. The lowest BCUT2D eigenvalue weighted by molar-refractivity contribution is 0.936. The zero-order chi connectivity index (χ0) is 8.81. The minimum absolute atomic E-state index is 0.503. The fourth-order valence-corrected chi connectivity index (χ4v) is 0.974. The normalized spacial score (nSPS) is 9.08. The number of rotatable bonds is 3. The summed E-state index contributed by atoms with van der Waals surface area (Å²) in [5, 5.41) is 3.46. The van der Waals surface area contributed by atoms with Gasteiger partial charge in [0.05, 0.1) is 0 Å². The first-order chi connectivity index (χ1) is 5.84. The molecule has 0 fully saturated rings. The van der Waals surface area contributed by atoms with Gasteiger partial charge < -0.3 is 0 Å². The summed E-state index contributed by atoms with van der Waals surface area (Å²) in [6.07, 6.45) is 4.33. The molecule has 0 saturated heterocycles. The van der Waals surface area contributed by atoms with E-state index in [1.54, 1.807) is 6.20 Å². The first kappa shape index (κ1) is 8.56. The van der Waals surface area contributed by atoms with Gasteiger partial charge in [-0.3, -0.25) is 4.98 Å². The van der Waals surface area contributed by atoms with Gasteiger partial charge in [0.15, 0.2) is 0 Å². The van der Waals surface area contributed by atoms with Crippen LogP contribution in [0.15, 0.2) is 23.6 Å². The number of aromatic nitrogens is 1. The molecular formula is C8H10N4. The van der Waals surface area contributed by atoms with Crippen molar-refractivity contribution in [3.63, 3.8) is 0 Å². The molecule has 0 bridgehead atoms. The van der Waals surface area contributed by atoms with Crippen LogP contribution in [0.3, 0.4) is 0 Å². The molecule has 62 valence electrons. The minimum Gasteiger partial charge on any atom is -0.264 e. The third-order valence-corrected chi connectivity index (χ3v) is 1.69. The molecular weight excluding hydrogens is 152 g/mol. The lowest BCUT2D eigenvalue weighted by Crippen LogP contribution is -1.92. The van der Waals surface area contributed by atoms with E-state index in [0.717, 1.165) is 12.0 Å². The maximum Gasteiger partial charge on any atom is 0.0302 e. The Hall–Kier alpha value is -1.54. The van der Waals surface area contributed by atoms with Gasteiger partial charge in [-0.2, -0.15) is 0 Å². The second-order valence-electron chi connectivity index (χ2n) is 2.51. The fourth-order valence-electron chi connectivity index (χ4n) is 0.974. The third kappa shape index (κ3) is 2.25. The largest absolute Gasteiger partial charge is 0.264 e. The average Bonchev–Trinajstić information content (AvgIpc) is 2.09. The molecule has 0 N–H and O–H groups in total. The van der Waals surface area contributed by atoms with E-state index < -0.39 is 0 Å². The second kappa shape index (κ2) is 4.36. The Kier molecular flexibility index (Phi) is 3.11. The maximum atomic E-state index is 8.06. The predicted octanol–water partition coefficient (Wildman–Crippen LogP) is 2.24. The van der Waals surface area contributed by atoms with E-state index in [9.17, 15) is 0 Å². The Labute approximate surface area is 70.9 Å².